The van der Waals surface area contributed by atoms with Gasteiger partial charge in [0.1, 0.15) is 5.76 Å². The van der Waals surface area contributed by atoms with Gasteiger partial charge in [0.2, 0.25) is 0 Å². The fourth-order valence-corrected chi connectivity index (χ4v) is 3.37. The number of carbonyl (C=O) groups excluding carboxylic acids is 3. The maximum atomic E-state index is 12.7. The van der Waals surface area contributed by atoms with Crippen molar-refractivity contribution in [1.82, 2.24) is 10.2 Å². The van der Waals surface area contributed by atoms with Crippen molar-refractivity contribution in [1.29, 1.82) is 0 Å². The predicted molar refractivity (Wildman–Crippen MR) is 107 cm³/mol. The van der Waals surface area contributed by atoms with Crippen LogP contribution in [0.2, 0.25) is 5.02 Å². The number of rotatable bonds is 5. The Bertz CT molecular complexity index is 1090. The normalized spacial score (nSPS) is 14.1. The number of hydrogen-bond acceptors (Lipinski definition) is 4. The number of nitrogens with zero attached hydrogens (tertiary/aromatic N) is 1. The first-order valence-corrected chi connectivity index (χ1v) is 9.41. The lowest BCUT2D eigenvalue weighted by molar-refractivity contribution is 0.0631. The lowest BCUT2D eigenvalue weighted by Gasteiger charge is -2.14. The van der Waals surface area contributed by atoms with Gasteiger partial charge in [0.15, 0.2) is 0 Å². The van der Waals surface area contributed by atoms with Crippen molar-refractivity contribution >= 4 is 29.3 Å². The van der Waals surface area contributed by atoms with E-state index in [1.807, 2.05) is 19.1 Å². The molecule has 0 radical (unpaired) electrons. The van der Waals surface area contributed by atoms with E-state index in [2.05, 4.69) is 5.32 Å². The highest BCUT2D eigenvalue weighted by Crippen LogP contribution is 2.26. The molecule has 1 atom stereocenters. The molecule has 0 saturated carbocycles. The van der Waals surface area contributed by atoms with Crippen LogP contribution in [0.5, 0.6) is 0 Å². The molecule has 0 fully saturated rings. The number of amides is 3. The number of furan rings is 1. The second kappa shape index (κ2) is 7.56. The Morgan fingerprint density at radius 2 is 1.79 bits per heavy atom. The molecule has 146 valence electrons. The molecule has 3 aromatic rings. The van der Waals surface area contributed by atoms with Crippen LogP contribution in [-0.2, 0) is 6.54 Å². The average molecular weight is 409 g/mol. The monoisotopic (exact) mass is 408 g/mol. The predicted octanol–water partition coefficient (Wildman–Crippen LogP) is 4.22. The van der Waals surface area contributed by atoms with E-state index in [0.29, 0.717) is 16.3 Å². The smallest absolute Gasteiger partial charge is 0.261 e. The standard InChI is InChI=1S/C22H17ClN2O4/c1-13(14-4-7-16(23)8-5-14)24-20(26)15-6-9-18-19(11-15)22(28)25(21(18)27)12-17-3-2-10-29-17/h2-11,13H,12H2,1H3,(H,24,26). The van der Waals surface area contributed by atoms with E-state index in [4.69, 9.17) is 16.0 Å². The molecule has 2 aromatic carbocycles. The molecule has 7 heteroatoms. The quantitative estimate of drug-likeness (QED) is 0.641. The Balaban J connectivity index is 1.52. The summed E-state index contributed by atoms with van der Waals surface area (Å²) in [5.74, 6) is -0.668. The Hall–Kier alpha value is -3.38. The molecule has 1 aliphatic rings. The highest BCUT2D eigenvalue weighted by Gasteiger charge is 2.36. The summed E-state index contributed by atoms with van der Waals surface area (Å²) in [6.07, 6.45) is 1.48. The van der Waals surface area contributed by atoms with Crippen LogP contribution in [0.1, 0.15) is 55.4 Å². The summed E-state index contributed by atoms with van der Waals surface area (Å²) >= 11 is 5.90. The maximum Gasteiger partial charge on any atom is 0.261 e. The minimum absolute atomic E-state index is 0.0501. The lowest BCUT2D eigenvalue weighted by atomic mass is 10.0. The number of nitrogens with one attached hydrogen (secondary N) is 1. The summed E-state index contributed by atoms with van der Waals surface area (Å²) in [6, 6.07) is 14.8. The fraction of sp³-hybridized carbons (Fsp3) is 0.136. The highest BCUT2D eigenvalue weighted by atomic mass is 35.5. The summed E-state index contributed by atoms with van der Waals surface area (Å²) in [7, 11) is 0. The molecule has 0 aliphatic carbocycles. The van der Waals surface area contributed by atoms with Gasteiger partial charge in [-0.1, -0.05) is 23.7 Å². The molecule has 6 nitrogen and oxygen atoms in total. The van der Waals surface area contributed by atoms with Crippen molar-refractivity contribution in [3.63, 3.8) is 0 Å². The molecule has 1 aromatic heterocycles. The average Bonchev–Trinajstić information content (AvgIpc) is 3.31. The van der Waals surface area contributed by atoms with Gasteiger partial charge < -0.3 is 9.73 Å². The molecule has 1 unspecified atom stereocenters. The van der Waals surface area contributed by atoms with Crippen molar-refractivity contribution in [2.75, 3.05) is 0 Å². The molecule has 1 N–H and O–H groups in total. The van der Waals surface area contributed by atoms with Gasteiger partial charge in [-0.3, -0.25) is 19.3 Å². The third-order valence-electron chi connectivity index (χ3n) is 4.84. The molecule has 1 aliphatic heterocycles. The zero-order valence-corrected chi connectivity index (χ0v) is 16.3. The van der Waals surface area contributed by atoms with Crippen LogP contribution in [0.4, 0.5) is 0 Å². The molecule has 0 spiro atoms. The molecule has 4 rings (SSSR count). The van der Waals surface area contributed by atoms with Gasteiger partial charge in [-0.05, 0) is 55.0 Å². The Kier molecular flexibility index (Phi) is 4.94. The van der Waals surface area contributed by atoms with Crippen molar-refractivity contribution in [2.45, 2.75) is 19.5 Å². The molecule has 3 amide bonds. The minimum Gasteiger partial charge on any atom is -0.467 e. The molecule has 2 heterocycles. The van der Waals surface area contributed by atoms with Crippen molar-refractivity contribution in [3.8, 4) is 0 Å². The first kappa shape index (κ1) is 19.0. The number of imide groups is 1. The minimum atomic E-state index is -0.443. The zero-order valence-electron chi connectivity index (χ0n) is 15.5. The molecular formula is C22H17ClN2O4. The van der Waals surface area contributed by atoms with E-state index >= 15 is 0 Å². The number of benzene rings is 2. The van der Waals surface area contributed by atoms with Crippen LogP contribution in [0.15, 0.2) is 65.3 Å². The highest BCUT2D eigenvalue weighted by molar-refractivity contribution is 6.30. The largest absolute Gasteiger partial charge is 0.467 e. The van der Waals surface area contributed by atoms with Crippen LogP contribution < -0.4 is 5.32 Å². The van der Waals surface area contributed by atoms with E-state index < -0.39 is 11.8 Å². The van der Waals surface area contributed by atoms with E-state index in [-0.39, 0.29) is 29.6 Å². The van der Waals surface area contributed by atoms with Crippen molar-refractivity contribution < 1.29 is 18.8 Å². The van der Waals surface area contributed by atoms with Gasteiger partial charge in [0.25, 0.3) is 17.7 Å². The maximum absolute atomic E-state index is 12.7. The summed E-state index contributed by atoms with van der Waals surface area (Å²) < 4.78 is 5.23. The number of fused-ring (bicyclic) bond motifs is 1. The topological polar surface area (TPSA) is 79.6 Å². The van der Waals surface area contributed by atoms with Crippen LogP contribution in [0.25, 0.3) is 0 Å². The van der Waals surface area contributed by atoms with Crippen LogP contribution >= 0.6 is 11.6 Å². The van der Waals surface area contributed by atoms with E-state index in [0.717, 1.165) is 10.5 Å². The SMILES string of the molecule is CC(NC(=O)c1ccc2c(c1)C(=O)N(Cc1ccco1)C2=O)c1ccc(Cl)cc1. The van der Waals surface area contributed by atoms with E-state index in [9.17, 15) is 14.4 Å². The second-order valence-corrected chi connectivity index (χ2v) is 7.22. The van der Waals surface area contributed by atoms with Crippen molar-refractivity contribution in [3.05, 3.63) is 93.9 Å². The molecule has 0 bridgehead atoms. The van der Waals surface area contributed by atoms with Crippen LogP contribution in [-0.4, -0.2) is 22.6 Å². The lowest BCUT2D eigenvalue weighted by Crippen LogP contribution is -2.29. The fourth-order valence-electron chi connectivity index (χ4n) is 3.25. The van der Waals surface area contributed by atoms with Crippen LogP contribution in [0, 0.1) is 0 Å². The number of halogens is 1. The Morgan fingerprint density at radius 1 is 1.07 bits per heavy atom. The summed E-state index contributed by atoms with van der Waals surface area (Å²) in [5, 5.41) is 3.51. The zero-order chi connectivity index (χ0) is 20.5. The first-order chi connectivity index (χ1) is 13.9. The molecule has 29 heavy (non-hydrogen) atoms. The van der Waals surface area contributed by atoms with Gasteiger partial charge in [-0.15, -0.1) is 0 Å². The van der Waals surface area contributed by atoms with E-state index in [1.54, 1.807) is 30.3 Å². The van der Waals surface area contributed by atoms with Crippen molar-refractivity contribution in [2.24, 2.45) is 0 Å². The van der Waals surface area contributed by atoms with Gasteiger partial charge >= 0.3 is 0 Å². The Labute approximate surface area is 172 Å². The first-order valence-electron chi connectivity index (χ1n) is 9.03. The van der Waals surface area contributed by atoms with Crippen LogP contribution in [0.3, 0.4) is 0 Å². The summed E-state index contributed by atoms with van der Waals surface area (Å²) in [4.78, 5) is 39.0. The Morgan fingerprint density at radius 3 is 2.48 bits per heavy atom. The number of carbonyl (C=O) groups is 3. The summed E-state index contributed by atoms with van der Waals surface area (Å²) in [5.41, 5.74) is 1.71. The molecule has 0 saturated heterocycles. The van der Waals surface area contributed by atoms with E-state index in [1.165, 1.54) is 18.4 Å². The van der Waals surface area contributed by atoms with Gasteiger partial charge in [-0.2, -0.15) is 0 Å². The van der Waals surface area contributed by atoms with Gasteiger partial charge in [0, 0.05) is 10.6 Å². The van der Waals surface area contributed by atoms with Gasteiger partial charge in [0.05, 0.1) is 30.0 Å². The van der Waals surface area contributed by atoms with Gasteiger partial charge in [-0.25, -0.2) is 0 Å². The molecular weight excluding hydrogens is 392 g/mol. The summed E-state index contributed by atoms with van der Waals surface area (Å²) in [6.45, 7) is 1.91. The third kappa shape index (κ3) is 3.67. The second-order valence-electron chi connectivity index (χ2n) is 6.78. The third-order valence-corrected chi connectivity index (χ3v) is 5.10. The number of hydrogen-bond donors (Lipinski definition) is 1.